The van der Waals surface area contributed by atoms with Gasteiger partial charge in [0, 0.05) is 38.2 Å². The van der Waals surface area contributed by atoms with E-state index >= 15 is 0 Å². The largest absolute Gasteiger partial charge is 0.309 e. The summed E-state index contributed by atoms with van der Waals surface area (Å²) in [6.07, 6.45) is 0. The highest BCUT2D eigenvalue weighted by Crippen LogP contribution is 2.45. The Kier molecular flexibility index (Phi) is 9.22. The molecule has 0 aliphatic heterocycles. The molecule has 12 rings (SSSR count). The molecule has 0 saturated heterocycles. The molecule has 0 radical (unpaired) electrons. The lowest BCUT2D eigenvalue weighted by Gasteiger charge is -2.21. The standard InChI is InChI=1S/C60H40N6/c1-38-24-31-53-48(34-38)45-18-9-11-21-51(45)65(53)55-33-30-44(41-28-26-40(37-61)27-29-41)36-50(55)47-20-13-23-56(66-52-22-12-10-19-46(52)49-35-39(2)25-32-54(49)66)57(47)60-63-58(42-14-5-3-6-15-42)62-59(64-60)43-16-7-4-8-17-43/h3-36H,1-2H3. The van der Waals surface area contributed by atoms with Crippen molar-refractivity contribution in [2.24, 2.45) is 0 Å². The highest BCUT2D eigenvalue weighted by atomic mass is 15.1. The van der Waals surface area contributed by atoms with E-state index in [1.165, 1.54) is 32.7 Å². The molecule has 0 bridgehead atoms. The number of aryl methyl sites for hydroxylation is 2. The van der Waals surface area contributed by atoms with Crippen LogP contribution in [-0.4, -0.2) is 24.1 Å². The maximum Gasteiger partial charge on any atom is 0.166 e. The summed E-state index contributed by atoms with van der Waals surface area (Å²) in [4.78, 5) is 16.1. The van der Waals surface area contributed by atoms with Gasteiger partial charge in [-0.15, -0.1) is 0 Å². The number of aromatic nitrogens is 5. The first-order chi connectivity index (χ1) is 32.5. The third kappa shape index (κ3) is 6.45. The summed E-state index contributed by atoms with van der Waals surface area (Å²) in [5.41, 5.74) is 16.0. The molecule has 9 aromatic carbocycles. The van der Waals surface area contributed by atoms with E-state index in [-0.39, 0.29) is 0 Å². The van der Waals surface area contributed by atoms with Crippen LogP contribution in [0.2, 0.25) is 0 Å². The van der Waals surface area contributed by atoms with Crippen LogP contribution in [-0.2, 0) is 0 Å². The summed E-state index contributed by atoms with van der Waals surface area (Å²) in [5, 5.41) is 14.5. The van der Waals surface area contributed by atoms with Crippen molar-refractivity contribution in [3.63, 3.8) is 0 Å². The van der Waals surface area contributed by atoms with Crippen LogP contribution < -0.4 is 0 Å². The first kappa shape index (κ1) is 38.7. The van der Waals surface area contributed by atoms with Gasteiger partial charge in [-0.3, -0.25) is 0 Å². The second-order valence-corrected chi connectivity index (χ2v) is 16.9. The fraction of sp³-hybridized carbons (Fsp3) is 0.0333. The van der Waals surface area contributed by atoms with E-state index < -0.39 is 0 Å². The average Bonchev–Trinajstić information content (AvgIpc) is 3.88. The Morgan fingerprint density at radius 1 is 0.364 bits per heavy atom. The van der Waals surface area contributed by atoms with Crippen molar-refractivity contribution in [1.29, 1.82) is 5.26 Å². The van der Waals surface area contributed by atoms with Crippen molar-refractivity contribution in [3.8, 4) is 73.9 Å². The molecule has 3 aromatic heterocycles. The Morgan fingerprint density at radius 2 is 0.864 bits per heavy atom. The molecule has 0 fully saturated rings. The van der Waals surface area contributed by atoms with E-state index in [1.54, 1.807) is 0 Å². The number of benzene rings is 9. The summed E-state index contributed by atoms with van der Waals surface area (Å²) in [5.74, 6) is 1.73. The molecule has 0 spiro atoms. The maximum absolute atomic E-state index is 9.73. The maximum atomic E-state index is 9.73. The second kappa shape index (κ2) is 15.7. The molecule has 0 saturated carbocycles. The van der Waals surface area contributed by atoms with Gasteiger partial charge in [0.15, 0.2) is 17.5 Å². The van der Waals surface area contributed by atoms with Crippen LogP contribution in [0.5, 0.6) is 0 Å². The van der Waals surface area contributed by atoms with Crippen molar-refractivity contribution in [3.05, 3.63) is 223 Å². The van der Waals surface area contributed by atoms with Crippen molar-refractivity contribution in [1.82, 2.24) is 24.1 Å². The summed E-state index contributed by atoms with van der Waals surface area (Å²) in [7, 11) is 0. The van der Waals surface area contributed by atoms with Gasteiger partial charge in [-0.1, -0.05) is 151 Å². The topological polar surface area (TPSA) is 72.3 Å². The van der Waals surface area contributed by atoms with Gasteiger partial charge in [0.25, 0.3) is 0 Å². The summed E-state index contributed by atoms with van der Waals surface area (Å²) in [6, 6.07) is 74.5. The van der Waals surface area contributed by atoms with Crippen LogP contribution in [0.15, 0.2) is 206 Å². The predicted molar refractivity (Wildman–Crippen MR) is 270 cm³/mol. The number of fused-ring (bicyclic) bond motifs is 6. The quantitative estimate of drug-likeness (QED) is 0.160. The minimum Gasteiger partial charge on any atom is -0.309 e. The highest BCUT2D eigenvalue weighted by Gasteiger charge is 2.25. The van der Waals surface area contributed by atoms with Crippen LogP contribution >= 0.6 is 0 Å². The molecule has 6 heteroatoms. The van der Waals surface area contributed by atoms with E-state index in [0.717, 1.165) is 72.4 Å². The van der Waals surface area contributed by atoms with Gasteiger partial charge in [0.05, 0.1) is 50.6 Å². The van der Waals surface area contributed by atoms with E-state index in [0.29, 0.717) is 23.0 Å². The Hall–Kier alpha value is -8.92. The number of nitrogens with zero attached hydrogens (tertiary/aromatic N) is 6. The third-order valence-corrected chi connectivity index (χ3v) is 12.7. The zero-order valence-corrected chi connectivity index (χ0v) is 36.3. The Balaban J connectivity index is 1.24. The van der Waals surface area contributed by atoms with Gasteiger partial charge < -0.3 is 9.13 Å². The lowest BCUT2D eigenvalue weighted by atomic mass is 9.92. The van der Waals surface area contributed by atoms with Gasteiger partial charge in [-0.25, -0.2) is 15.0 Å². The van der Waals surface area contributed by atoms with Crippen LogP contribution in [0.4, 0.5) is 0 Å². The molecule has 66 heavy (non-hydrogen) atoms. The molecule has 3 heterocycles. The normalized spacial score (nSPS) is 11.5. The van der Waals surface area contributed by atoms with Crippen LogP contribution in [0.3, 0.4) is 0 Å². The summed E-state index contributed by atoms with van der Waals surface area (Å²) >= 11 is 0. The van der Waals surface area contributed by atoms with Crippen molar-refractivity contribution in [2.45, 2.75) is 13.8 Å². The average molecular weight is 845 g/mol. The number of hydrogen-bond donors (Lipinski definition) is 0. The van der Waals surface area contributed by atoms with E-state index in [1.807, 2.05) is 60.7 Å². The Bertz CT molecular complexity index is 3840. The Labute approximate surface area is 382 Å². The number of hydrogen-bond acceptors (Lipinski definition) is 4. The van der Waals surface area contributed by atoms with Gasteiger partial charge in [0.1, 0.15) is 0 Å². The molecule has 0 atom stereocenters. The molecular weight excluding hydrogens is 805 g/mol. The van der Waals surface area contributed by atoms with Gasteiger partial charge >= 0.3 is 0 Å². The van der Waals surface area contributed by atoms with E-state index in [2.05, 4.69) is 175 Å². The zero-order valence-electron chi connectivity index (χ0n) is 36.3. The number of nitriles is 1. The van der Waals surface area contributed by atoms with Crippen molar-refractivity contribution in [2.75, 3.05) is 0 Å². The first-order valence-corrected chi connectivity index (χ1v) is 22.2. The number of para-hydroxylation sites is 2. The van der Waals surface area contributed by atoms with Crippen molar-refractivity contribution < 1.29 is 0 Å². The zero-order chi connectivity index (χ0) is 44.3. The van der Waals surface area contributed by atoms with E-state index in [9.17, 15) is 5.26 Å². The lowest BCUT2D eigenvalue weighted by molar-refractivity contribution is 1.06. The number of rotatable bonds is 7. The van der Waals surface area contributed by atoms with Gasteiger partial charge in [-0.2, -0.15) is 5.26 Å². The molecule has 0 unspecified atom stereocenters. The van der Waals surface area contributed by atoms with Crippen molar-refractivity contribution >= 4 is 43.6 Å². The second-order valence-electron chi connectivity index (χ2n) is 16.9. The van der Waals surface area contributed by atoms with Crippen LogP contribution in [0.25, 0.3) is 111 Å². The van der Waals surface area contributed by atoms with Crippen LogP contribution in [0.1, 0.15) is 16.7 Å². The Morgan fingerprint density at radius 3 is 1.44 bits per heavy atom. The highest BCUT2D eigenvalue weighted by molar-refractivity contribution is 6.12. The smallest absolute Gasteiger partial charge is 0.166 e. The fourth-order valence-corrected chi connectivity index (χ4v) is 9.66. The predicted octanol–water partition coefficient (Wildman–Crippen LogP) is 14.9. The van der Waals surface area contributed by atoms with Gasteiger partial charge in [-0.05, 0) is 97.3 Å². The van der Waals surface area contributed by atoms with E-state index in [4.69, 9.17) is 15.0 Å². The third-order valence-electron chi connectivity index (χ3n) is 12.7. The minimum atomic E-state index is 0.555. The molecule has 6 nitrogen and oxygen atoms in total. The summed E-state index contributed by atoms with van der Waals surface area (Å²) < 4.78 is 4.78. The molecule has 0 N–H and O–H groups in total. The molecule has 0 amide bonds. The molecule has 12 aromatic rings. The fourth-order valence-electron chi connectivity index (χ4n) is 9.66. The SMILES string of the molecule is Cc1ccc2c(c1)c1ccccc1n2-c1ccc(-c2ccc(C#N)cc2)cc1-c1cccc(-n2c3ccccc3c3cc(C)ccc32)c1-c1nc(-c2ccccc2)nc(-c2ccccc2)n1. The molecular formula is C60H40N6. The molecule has 0 aliphatic rings. The minimum absolute atomic E-state index is 0.555. The lowest BCUT2D eigenvalue weighted by Crippen LogP contribution is -2.06. The first-order valence-electron chi connectivity index (χ1n) is 22.2. The van der Waals surface area contributed by atoms with Gasteiger partial charge in [0.2, 0.25) is 0 Å². The molecule has 0 aliphatic carbocycles. The monoisotopic (exact) mass is 844 g/mol. The summed E-state index contributed by atoms with van der Waals surface area (Å²) in [6.45, 7) is 4.30. The van der Waals surface area contributed by atoms with Crippen LogP contribution in [0, 0.1) is 25.2 Å². The molecule has 310 valence electrons.